The van der Waals surface area contributed by atoms with E-state index < -0.39 is 12.0 Å². The number of rotatable bonds is 9. The summed E-state index contributed by atoms with van der Waals surface area (Å²) in [5.41, 5.74) is 1.60. The van der Waals surface area contributed by atoms with Gasteiger partial charge in [0.25, 0.3) is 0 Å². The van der Waals surface area contributed by atoms with Gasteiger partial charge < -0.3 is 15.7 Å². The van der Waals surface area contributed by atoms with Crippen molar-refractivity contribution in [2.45, 2.75) is 39.2 Å². The highest BCUT2D eigenvalue weighted by Crippen LogP contribution is 2.16. The summed E-state index contributed by atoms with van der Waals surface area (Å²) in [5, 5.41) is 14.5. The Morgan fingerprint density at radius 2 is 1.70 bits per heavy atom. The molecule has 1 rings (SSSR count). The largest absolute Gasteiger partial charge is 0.481 e. The highest BCUT2D eigenvalue weighted by molar-refractivity contribution is 6.01. The van der Waals surface area contributed by atoms with Gasteiger partial charge in [0, 0.05) is 25.6 Å². The molecule has 6 nitrogen and oxygen atoms in total. The number of amides is 1. The highest BCUT2D eigenvalue weighted by Gasteiger charge is 2.22. The van der Waals surface area contributed by atoms with Crippen LogP contribution in [0.3, 0.4) is 0 Å². The molecule has 23 heavy (non-hydrogen) atoms. The lowest BCUT2D eigenvalue weighted by molar-refractivity contribution is -0.137. The summed E-state index contributed by atoms with van der Waals surface area (Å²) < 4.78 is 0. The van der Waals surface area contributed by atoms with Crippen molar-refractivity contribution in [3.8, 4) is 0 Å². The zero-order valence-corrected chi connectivity index (χ0v) is 13.8. The molecule has 6 heteroatoms. The van der Waals surface area contributed by atoms with Crippen molar-refractivity contribution in [2.24, 2.45) is 0 Å². The lowest BCUT2D eigenvalue weighted by Gasteiger charge is -2.16. The SMILES string of the molecule is CC(=O)NCCNC(CC(=O)O)C(=O)c1ccc(C(C)C)cc1. The van der Waals surface area contributed by atoms with Crippen LogP contribution in [-0.2, 0) is 9.59 Å². The van der Waals surface area contributed by atoms with E-state index in [2.05, 4.69) is 24.5 Å². The Hall–Kier alpha value is -2.21. The van der Waals surface area contributed by atoms with Gasteiger partial charge in [0.15, 0.2) is 5.78 Å². The van der Waals surface area contributed by atoms with Gasteiger partial charge in [-0.05, 0) is 11.5 Å². The van der Waals surface area contributed by atoms with Gasteiger partial charge >= 0.3 is 5.97 Å². The fourth-order valence-corrected chi connectivity index (χ4v) is 2.15. The first-order valence-electron chi connectivity index (χ1n) is 7.65. The quantitative estimate of drug-likeness (QED) is 0.474. The minimum atomic E-state index is -1.05. The van der Waals surface area contributed by atoms with Crippen LogP contribution in [0, 0.1) is 0 Å². The molecule has 0 bridgehead atoms. The van der Waals surface area contributed by atoms with Crippen LogP contribution in [0.25, 0.3) is 0 Å². The van der Waals surface area contributed by atoms with Gasteiger partial charge in [0.2, 0.25) is 5.91 Å². The molecule has 0 aliphatic rings. The van der Waals surface area contributed by atoms with E-state index in [4.69, 9.17) is 5.11 Å². The molecule has 1 amide bonds. The van der Waals surface area contributed by atoms with E-state index in [9.17, 15) is 14.4 Å². The smallest absolute Gasteiger partial charge is 0.305 e. The Morgan fingerprint density at radius 1 is 1.09 bits per heavy atom. The Kier molecular flexibility index (Phi) is 7.41. The molecule has 0 spiro atoms. The predicted molar refractivity (Wildman–Crippen MR) is 87.6 cm³/mol. The number of carbonyl (C=O) groups excluding carboxylic acids is 2. The summed E-state index contributed by atoms with van der Waals surface area (Å²) in [5.74, 6) is -1.11. The lowest BCUT2D eigenvalue weighted by Crippen LogP contribution is -2.42. The topological polar surface area (TPSA) is 95.5 Å². The van der Waals surface area contributed by atoms with Crippen molar-refractivity contribution in [3.05, 3.63) is 35.4 Å². The molecule has 0 radical (unpaired) electrons. The first-order valence-corrected chi connectivity index (χ1v) is 7.65. The van der Waals surface area contributed by atoms with Gasteiger partial charge in [0.1, 0.15) is 0 Å². The second-order valence-electron chi connectivity index (χ2n) is 5.73. The van der Waals surface area contributed by atoms with Crippen LogP contribution in [-0.4, -0.2) is 41.9 Å². The van der Waals surface area contributed by atoms with Crippen LogP contribution in [0.2, 0.25) is 0 Å². The molecular formula is C17H24N2O4. The Balaban J connectivity index is 2.73. The average molecular weight is 320 g/mol. The van der Waals surface area contributed by atoms with E-state index in [-0.39, 0.29) is 18.1 Å². The van der Waals surface area contributed by atoms with Gasteiger partial charge in [-0.25, -0.2) is 0 Å². The summed E-state index contributed by atoms with van der Waals surface area (Å²) in [6, 6.07) is 6.40. The summed E-state index contributed by atoms with van der Waals surface area (Å²) in [6.45, 7) is 6.19. The van der Waals surface area contributed by atoms with Crippen molar-refractivity contribution in [3.63, 3.8) is 0 Å². The first-order chi connectivity index (χ1) is 10.8. The number of Topliss-reactive ketones (excluding diaryl/α,β-unsaturated/α-hetero) is 1. The number of carboxylic acids is 1. The summed E-state index contributed by atoms with van der Waals surface area (Å²) in [7, 11) is 0. The molecule has 0 saturated carbocycles. The summed E-state index contributed by atoms with van der Waals surface area (Å²) in [6.07, 6.45) is -0.301. The van der Waals surface area contributed by atoms with Crippen molar-refractivity contribution in [1.82, 2.24) is 10.6 Å². The number of carbonyl (C=O) groups is 3. The normalized spacial score (nSPS) is 12.0. The molecule has 0 aliphatic carbocycles. The highest BCUT2D eigenvalue weighted by atomic mass is 16.4. The molecule has 3 N–H and O–H groups in total. The van der Waals surface area contributed by atoms with Crippen LogP contribution in [0.5, 0.6) is 0 Å². The van der Waals surface area contributed by atoms with Gasteiger partial charge in [0.05, 0.1) is 12.5 Å². The van der Waals surface area contributed by atoms with E-state index in [1.54, 1.807) is 12.1 Å². The molecule has 0 aliphatic heterocycles. The third-order valence-corrected chi connectivity index (χ3v) is 3.45. The first kappa shape index (κ1) is 18.8. The zero-order chi connectivity index (χ0) is 17.4. The maximum absolute atomic E-state index is 12.5. The monoisotopic (exact) mass is 320 g/mol. The van der Waals surface area contributed by atoms with E-state index in [0.717, 1.165) is 5.56 Å². The van der Waals surface area contributed by atoms with Crippen molar-refractivity contribution < 1.29 is 19.5 Å². The van der Waals surface area contributed by atoms with E-state index in [1.807, 2.05) is 12.1 Å². The minimum Gasteiger partial charge on any atom is -0.481 e. The second-order valence-corrected chi connectivity index (χ2v) is 5.73. The summed E-state index contributed by atoms with van der Waals surface area (Å²) >= 11 is 0. The van der Waals surface area contributed by atoms with Crippen LogP contribution < -0.4 is 10.6 Å². The van der Waals surface area contributed by atoms with Crippen LogP contribution >= 0.6 is 0 Å². The predicted octanol–water partition coefficient (Wildman–Crippen LogP) is 1.56. The fraction of sp³-hybridized carbons (Fsp3) is 0.471. The fourth-order valence-electron chi connectivity index (χ4n) is 2.15. The third kappa shape index (κ3) is 6.61. The molecule has 0 fully saturated rings. The van der Waals surface area contributed by atoms with Crippen molar-refractivity contribution in [1.29, 1.82) is 0 Å². The van der Waals surface area contributed by atoms with E-state index in [1.165, 1.54) is 6.92 Å². The Morgan fingerprint density at radius 3 is 2.17 bits per heavy atom. The standard InChI is InChI=1S/C17H24N2O4/c1-11(2)13-4-6-14(7-5-13)17(23)15(10-16(21)22)19-9-8-18-12(3)20/h4-7,11,15,19H,8-10H2,1-3H3,(H,18,20)(H,21,22). The Bertz CT molecular complexity index is 552. The van der Waals surface area contributed by atoms with Crippen LogP contribution in [0.4, 0.5) is 0 Å². The van der Waals surface area contributed by atoms with Gasteiger partial charge in [-0.1, -0.05) is 38.1 Å². The number of hydrogen-bond donors (Lipinski definition) is 3. The van der Waals surface area contributed by atoms with Gasteiger partial charge in [-0.3, -0.25) is 14.4 Å². The van der Waals surface area contributed by atoms with Crippen molar-refractivity contribution in [2.75, 3.05) is 13.1 Å². The molecule has 126 valence electrons. The number of aliphatic carboxylic acids is 1. The maximum atomic E-state index is 12.5. The van der Waals surface area contributed by atoms with Crippen LogP contribution in [0.15, 0.2) is 24.3 Å². The average Bonchev–Trinajstić information content (AvgIpc) is 2.49. The Labute approximate surface area is 136 Å². The van der Waals surface area contributed by atoms with Gasteiger partial charge in [-0.15, -0.1) is 0 Å². The molecule has 1 unspecified atom stereocenters. The number of benzene rings is 1. The molecule has 0 saturated heterocycles. The molecule has 1 atom stereocenters. The third-order valence-electron chi connectivity index (χ3n) is 3.45. The maximum Gasteiger partial charge on any atom is 0.305 e. The number of ketones is 1. The summed E-state index contributed by atoms with van der Waals surface area (Å²) in [4.78, 5) is 34.3. The lowest BCUT2D eigenvalue weighted by atomic mass is 9.97. The molecule has 0 aromatic heterocycles. The second kappa shape index (κ2) is 9.05. The molecular weight excluding hydrogens is 296 g/mol. The van der Waals surface area contributed by atoms with Crippen molar-refractivity contribution >= 4 is 17.7 Å². The molecule has 1 aromatic rings. The number of carboxylic acid groups (broad SMARTS) is 1. The minimum absolute atomic E-state index is 0.169. The van der Waals surface area contributed by atoms with Gasteiger partial charge in [-0.2, -0.15) is 0 Å². The van der Waals surface area contributed by atoms with Crippen LogP contribution in [0.1, 0.15) is 49.0 Å². The van der Waals surface area contributed by atoms with E-state index in [0.29, 0.717) is 24.6 Å². The molecule has 0 heterocycles. The zero-order valence-electron chi connectivity index (χ0n) is 13.8. The van der Waals surface area contributed by atoms with E-state index >= 15 is 0 Å². The molecule has 1 aromatic carbocycles. The number of hydrogen-bond acceptors (Lipinski definition) is 4. The number of nitrogens with one attached hydrogen (secondary N) is 2.